The molecule has 0 saturated carbocycles. The molecular weight excluding hydrogens is 461 g/mol. The van der Waals surface area contributed by atoms with Crippen molar-refractivity contribution in [2.24, 2.45) is 0 Å². The number of amides is 1. The average Bonchev–Trinajstić information content (AvgIpc) is 3.18. The van der Waals surface area contributed by atoms with E-state index in [0.717, 1.165) is 15.9 Å². The maximum atomic E-state index is 13.0. The Morgan fingerprint density at radius 3 is 2.56 bits per heavy atom. The number of carbonyl (C=O) groups is 2. The molecule has 0 aliphatic rings. The summed E-state index contributed by atoms with van der Waals surface area (Å²) in [5.41, 5.74) is 0.403. The highest BCUT2D eigenvalue weighted by Crippen LogP contribution is 2.27. The lowest BCUT2D eigenvalue weighted by Crippen LogP contribution is -2.27. The lowest BCUT2D eigenvalue weighted by molar-refractivity contribution is -0.116. The monoisotopic (exact) mass is 481 g/mol. The normalized spacial score (nSPS) is 10.8. The molecule has 8 nitrogen and oxygen atoms in total. The van der Waals surface area contributed by atoms with Gasteiger partial charge in [0, 0.05) is 5.69 Å². The molecule has 0 fully saturated rings. The van der Waals surface area contributed by atoms with Crippen molar-refractivity contribution in [3.8, 4) is 5.75 Å². The number of aromatic nitrogens is 2. The number of anilines is 1. The van der Waals surface area contributed by atoms with E-state index in [-0.39, 0.29) is 30.0 Å². The molecule has 1 amide bonds. The summed E-state index contributed by atoms with van der Waals surface area (Å²) in [6.45, 7) is 1.59. The topological polar surface area (TPSA) is 99.5 Å². The van der Waals surface area contributed by atoms with E-state index in [4.69, 9.17) is 9.47 Å². The van der Waals surface area contributed by atoms with Crippen molar-refractivity contribution >= 4 is 39.1 Å². The highest BCUT2D eigenvalue weighted by molar-refractivity contribution is 7.20. The van der Waals surface area contributed by atoms with Crippen molar-refractivity contribution in [3.05, 3.63) is 87.5 Å². The van der Waals surface area contributed by atoms with Crippen LogP contribution in [0.25, 0.3) is 10.2 Å². The van der Waals surface area contributed by atoms with Crippen LogP contribution in [0.3, 0.4) is 0 Å². The number of nitrogens with zero attached hydrogens (tertiary/aromatic N) is 2. The average molecular weight is 482 g/mol. The van der Waals surface area contributed by atoms with Gasteiger partial charge < -0.3 is 14.8 Å². The van der Waals surface area contributed by atoms with Crippen LogP contribution in [0, 0.1) is 12.7 Å². The lowest BCUT2D eigenvalue weighted by atomic mass is 10.2. The van der Waals surface area contributed by atoms with E-state index in [9.17, 15) is 18.8 Å². The molecule has 2 aromatic carbocycles. The van der Waals surface area contributed by atoms with E-state index in [1.165, 1.54) is 30.6 Å². The molecule has 0 spiro atoms. The zero-order valence-corrected chi connectivity index (χ0v) is 18.9. The summed E-state index contributed by atoms with van der Waals surface area (Å²) in [6.07, 6.45) is 1.26. The van der Waals surface area contributed by atoms with Gasteiger partial charge in [0.05, 0.1) is 11.7 Å². The number of halogens is 1. The third kappa shape index (κ3) is 5.29. The van der Waals surface area contributed by atoms with E-state index >= 15 is 0 Å². The maximum absolute atomic E-state index is 13.0. The summed E-state index contributed by atoms with van der Waals surface area (Å²) < 4.78 is 25.0. The molecule has 0 atom stereocenters. The number of hydrogen-bond donors (Lipinski definition) is 1. The van der Waals surface area contributed by atoms with E-state index in [1.807, 2.05) is 18.2 Å². The van der Waals surface area contributed by atoms with Crippen LogP contribution in [0.5, 0.6) is 5.75 Å². The minimum absolute atomic E-state index is 0.0443. The largest absolute Gasteiger partial charge is 0.490 e. The molecule has 0 unspecified atom stereocenters. The zero-order chi connectivity index (χ0) is 24.1. The van der Waals surface area contributed by atoms with Crippen molar-refractivity contribution in [3.63, 3.8) is 0 Å². The van der Waals surface area contributed by atoms with Crippen molar-refractivity contribution in [2.75, 3.05) is 18.5 Å². The first-order valence-electron chi connectivity index (χ1n) is 10.3. The number of thiophene rings is 1. The summed E-state index contributed by atoms with van der Waals surface area (Å²) in [5, 5.41) is 2.85. The Bertz CT molecular complexity index is 1380. The predicted molar refractivity (Wildman–Crippen MR) is 126 cm³/mol. The Morgan fingerprint density at radius 2 is 1.82 bits per heavy atom. The van der Waals surface area contributed by atoms with Gasteiger partial charge in [-0.15, -0.1) is 11.3 Å². The van der Waals surface area contributed by atoms with Crippen molar-refractivity contribution in [1.29, 1.82) is 0 Å². The third-order valence-corrected chi connectivity index (χ3v) is 6.05. The van der Waals surface area contributed by atoms with Crippen molar-refractivity contribution in [2.45, 2.75) is 13.5 Å². The molecule has 0 radical (unpaired) electrons. The van der Waals surface area contributed by atoms with Gasteiger partial charge in [-0.05, 0) is 48.9 Å². The number of ether oxygens (including phenoxy) is 2. The Morgan fingerprint density at radius 1 is 1.09 bits per heavy atom. The van der Waals surface area contributed by atoms with Crippen LogP contribution in [0.2, 0.25) is 0 Å². The van der Waals surface area contributed by atoms with Crippen LogP contribution in [-0.2, 0) is 16.1 Å². The summed E-state index contributed by atoms with van der Waals surface area (Å²) in [4.78, 5) is 42.7. The minimum atomic E-state index is -0.572. The van der Waals surface area contributed by atoms with Crippen LogP contribution < -0.4 is 15.6 Å². The summed E-state index contributed by atoms with van der Waals surface area (Å²) in [5.74, 6) is -0.794. The lowest BCUT2D eigenvalue weighted by Gasteiger charge is -2.07. The smallest absolute Gasteiger partial charge is 0.348 e. The molecule has 4 rings (SSSR count). The Labute approximate surface area is 197 Å². The maximum Gasteiger partial charge on any atom is 0.348 e. The summed E-state index contributed by atoms with van der Waals surface area (Å²) in [7, 11) is 0. The molecule has 1 N–H and O–H groups in total. The zero-order valence-electron chi connectivity index (χ0n) is 18.1. The minimum Gasteiger partial charge on any atom is -0.490 e. The fourth-order valence-electron chi connectivity index (χ4n) is 3.23. The molecular formula is C24H20FN3O5S. The molecule has 2 heterocycles. The molecule has 0 aliphatic heterocycles. The standard InChI is InChI=1S/C24H20FN3O5S/c1-15-20-22(34-21(15)24(31)33-12-11-32-18-5-3-2-4-6-18)26-14-28(23(20)30)13-19(29)27-17-9-7-16(25)8-10-17/h2-10,14H,11-13H2,1H3,(H,27,29). The fraction of sp³-hybridized carbons (Fsp3) is 0.167. The summed E-state index contributed by atoms with van der Waals surface area (Å²) >= 11 is 1.06. The van der Waals surface area contributed by atoms with Crippen molar-refractivity contribution < 1.29 is 23.5 Å². The number of nitrogens with one attached hydrogen (secondary N) is 1. The van der Waals surface area contributed by atoms with Gasteiger partial charge >= 0.3 is 5.97 Å². The molecule has 0 aliphatic carbocycles. The second-order valence-electron chi connectivity index (χ2n) is 7.27. The van der Waals surface area contributed by atoms with E-state index in [1.54, 1.807) is 19.1 Å². The van der Waals surface area contributed by atoms with Gasteiger partial charge in [-0.3, -0.25) is 14.2 Å². The molecule has 174 valence electrons. The second kappa shape index (κ2) is 10.3. The van der Waals surface area contributed by atoms with Gasteiger partial charge in [0.1, 0.15) is 41.0 Å². The fourth-order valence-corrected chi connectivity index (χ4v) is 4.26. The van der Waals surface area contributed by atoms with E-state index in [0.29, 0.717) is 21.8 Å². The third-order valence-electron chi connectivity index (χ3n) is 4.87. The number of esters is 1. The van der Waals surface area contributed by atoms with Crippen LogP contribution in [0.15, 0.2) is 65.7 Å². The number of para-hydroxylation sites is 1. The van der Waals surface area contributed by atoms with Crippen LogP contribution in [-0.4, -0.2) is 34.6 Å². The Balaban J connectivity index is 1.42. The van der Waals surface area contributed by atoms with Crippen molar-refractivity contribution in [1.82, 2.24) is 9.55 Å². The molecule has 0 bridgehead atoms. The van der Waals surface area contributed by atoms with Gasteiger partial charge in [-0.2, -0.15) is 0 Å². The van der Waals surface area contributed by atoms with E-state index < -0.39 is 23.3 Å². The number of hydrogen-bond acceptors (Lipinski definition) is 7. The van der Waals surface area contributed by atoms with Gasteiger partial charge in [0.15, 0.2) is 0 Å². The molecule has 10 heteroatoms. The van der Waals surface area contributed by atoms with Gasteiger partial charge in [0.2, 0.25) is 5.91 Å². The number of aryl methyl sites for hydroxylation is 1. The first-order chi connectivity index (χ1) is 16.4. The molecule has 4 aromatic rings. The first kappa shape index (κ1) is 23.1. The van der Waals surface area contributed by atoms with E-state index in [2.05, 4.69) is 10.3 Å². The number of fused-ring (bicyclic) bond motifs is 1. The molecule has 0 saturated heterocycles. The summed E-state index contributed by atoms with van der Waals surface area (Å²) in [6, 6.07) is 14.4. The quantitative estimate of drug-likeness (QED) is 0.304. The SMILES string of the molecule is Cc1c(C(=O)OCCOc2ccccc2)sc2ncn(CC(=O)Nc3ccc(F)cc3)c(=O)c12. The highest BCUT2D eigenvalue weighted by atomic mass is 32.1. The number of rotatable bonds is 8. The first-order valence-corrected chi connectivity index (χ1v) is 11.1. The van der Waals surface area contributed by atoms with Crippen LogP contribution in [0.4, 0.5) is 10.1 Å². The predicted octanol–water partition coefficient (Wildman–Crippen LogP) is 3.78. The van der Waals surface area contributed by atoms with Gasteiger partial charge in [-0.1, -0.05) is 18.2 Å². The number of carbonyl (C=O) groups excluding carboxylic acids is 2. The Kier molecular flexibility index (Phi) is 6.98. The van der Waals surface area contributed by atoms with Crippen LogP contribution in [0.1, 0.15) is 15.2 Å². The highest BCUT2D eigenvalue weighted by Gasteiger charge is 2.21. The second-order valence-corrected chi connectivity index (χ2v) is 8.27. The molecule has 2 aromatic heterocycles. The van der Waals surface area contributed by atoms with Gasteiger partial charge in [-0.25, -0.2) is 14.2 Å². The molecule has 34 heavy (non-hydrogen) atoms. The Hall–Kier alpha value is -4.05. The van der Waals surface area contributed by atoms with Crippen LogP contribution >= 0.6 is 11.3 Å². The number of benzene rings is 2. The van der Waals surface area contributed by atoms with Gasteiger partial charge in [0.25, 0.3) is 5.56 Å².